The molecule has 0 bridgehead atoms. The number of hydrogen-bond acceptors (Lipinski definition) is 5. The third-order valence-corrected chi connectivity index (χ3v) is 9.47. The minimum Gasteiger partial charge on any atom is -0.488 e. The van der Waals surface area contributed by atoms with Gasteiger partial charge in [-0.2, -0.15) is 0 Å². The van der Waals surface area contributed by atoms with Gasteiger partial charge in [0.05, 0.1) is 22.2 Å². The molecule has 0 aliphatic heterocycles. The Bertz CT molecular complexity index is 836. The number of benzene rings is 1. The molecule has 0 saturated heterocycles. The van der Waals surface area contributed by atoms with Gasteiger partial charge in [0.15, 0.2) is 22.5 Å². The van der Waals surface area contributed by atoms with Gasteiger partial charge in [0.25, 0.3) is 0 Å². The van der Waals surface area contributed by atoms with E-state index in [9.17, 15) is 0 Å². The van der Waals surface area contributed by atoms with E-state index < -0.39 is 0 Å². The van der Waals surface area contributed by atoms with Crippen molar-refractivity contribution in [2.24, 2.45) is 0 Å². The highest BCUT2D eigenvalue weighted by molar-refractivity contribution is 9.11. The summed E-state index contributed by atoms with van der Waals surface area (Å²) in [6.07, 6.45) is 31.9. The smallest absolute Gasteiger partial charge is 0.179 e. The van der Waals surface area contributed by atoms with Gasteiger partial charge in [-0.15, -0.1) is 0 Å². The monoisotopic (exact) mass is 700 g/mol. The maximum absolute atomic E-state index is 6.27. The molecule has 1 aromatic carbocycles. The molecule has 236 valence electrons. The third kappa shape index (κ3) is 15.5. The van der Waals surface area contributed by atoms with Crippen molar-refractivity contribution in [2.45, 2.75) is 168 Å². The average molecular weight is 703 g/mol. The number of halogens is 2. The van der Waals surface area contributed by atoms with Gasteiger partial charge < -0.3 is 9.47 Å². The molecule has 0 aliphatic rings. The summed E-state index contributed by atoms with van der Waals surface area (Å²) >= 11 is 7.35. The van der Waals surface area contributed by atoms with E-state index in [0.29, 0.717) is 35.7 Å². The molecule has 0 saturated carbocycles. The zero-order chi connectivity index (χ0) is 29.4. The minimum atomic E-state index is 0.652. The first-order valence-electron chi connectivity index (χ1n) is 17.1. The molecule has 41 heavy (non-hydrogen) atoms. The van der Waals surface area contributed by atoms with Gasteiger partial charge in [0.2, 0.25) is 0 Å². The minimum absolute atomic E-state index is 0.652. The topological polar surface area (TPSA) is 57.4 Å². The van der Waals surface area contributed by atoms with Crippen LogP contribution in [0.25, 0.3) is 11.0 Å². The largest absolute Gasteiger partial charge is 0.488 e. The SMILES string of the molecule is CCCCCCCCCCCCCCOc1c(OCCCCCCCCCCCCCC)c(Br)c2nonc2c1Br. The highest BCUT2D eigenvalue weighted by atomic mass is 79.9. The van der Waals surface area contributed by atoms with Crippen molar-refractivity contribution in [3.05, 3.63) is 8.95 Å². The van der Waals surface area contributed by atoms with Gasteiger partial charge in [0.1, 0.15) is 0 Å². The van der Waals surface area contributed by atoms with E-state index in [0.717, 1.165) is 21.8 Å². The fourth-order valence-electron chi connectivity index (χ4n) is 5.38. The summed E-state index contributed by atoms with van der Waals surface area (Å²) in [5.74, 6) is 1.39. The predicted octanol–water partition coefficient (Wildman–Crippen LogP) is 12.9. The summed E-state index contributed by atoms with van der Waals surface area (Å²) < 4.78 is 19.1. The van der Waals surface area contributed by atoms with E-state index in [2.05, 4.69) is 56.0 Å². The van der Waals surface area contributed by atoms with Crippen LogP contribution in [0.3, 0.4) is 0 Å². The number of rotatable bonds is 28. The fraction of sp³-hybridized carbons (Fsp3) is 0.824. The second-order valence-corrected chi connectivity index (χ2v) is 13.3. The molecule has 0 fully saturated rings. The summed E-state index contributed by atoms with van der Waals surface area (Å²) in [6.45, 7) is 5.88. The summed E-state index contributed by atoms with van der Waals surface area (Å²) in [5.41, 5.74) is 1.30. The number of fused-ring (bicyclic) bond motifs is 1. The van der Waals surface area contributed by atoms with Gasteiger partial charge in [-0.3, -0.25) is 0 Å². The Balaban J connectivity index is 1.64. The van der Waals surface area contributed by atoms with Crippen molar-refractivity contribution >= 4 is 42.9 Å². The molecule has 0 amide bonds. The first-order chi connectivity index (χ1) is 20.2. The maximum Gasteiger partial charge on any atom is 0.179 e. The standard InChI is InChI=1S/C34H58Br2N2O3/c1-3-5-7-9-11-13-15-17-19-21-23-25-27-39-33-29(35)31-32(38-41-37-31)30(36)34(33)40-28-26-24-22-20-18-16-14-12-10-8-6-4-2/h3-28H2,1-2H3. The molecule has 0 N–H and O–H groups in total. The van der Waals surface area contributed by atoms with Crippen molar-refractivity contribution in [2.75, 3.05) is 13.2 Å². The van der Waals surface area contributed by atoms with E-state index in [1.807, 2.05) is 0 Å². The zero-order valence-electron chi connectivity index (χ0n) is 26.3. The fourth-order valence-corrected chi connectivity index (χ4v) is 6.49. The lowest BCUT2D eigenvalue weighted by atomic mass is 10.1. The van der Waals surface area contributed by atoms with Crippen LogP contribution in [0.1, 0.15) is 168 Å². The van der Waals surface area contributed by atoms with Crippen LogP contribution in [0.5, 0.6) is 11.5 Å². The molecule has 2 aromatic rings. The van der Waals surface area contributed by atoms with Crippen molar-refractivity contribution in [1.29, 1.82) is 0 Å². The molecule has 5 nitrogen and oxygen atoms in total. The highest BCUT2D eigenvalue weighted by Crippen LogP contribution is 2.46. The number of ether oxygens (including phenoxy) is 2. The van der Waals surface area contributed by atoms with E-state index in [-0.39, 0.29) is 0 Å². The van der Waals surface area contributed by atoms with E-state index in [1.54, 1.807) is 0 Å². The Labute approximate surface area is 267 Å². The summed E-state index contributed by atoms with van der Waals surface area (Å²) in [7, 11) is 0. The lowest BCUT2D eigenvalue weighted by molar-refractivity contribution is 0.256. The van der Waals surface area contributed by atoms with Crippen LogP contribution in [-0.2, 0) is 0 Å². The van der Waals surface area contributed by atoms with Gasteiger partial charge in [-0.1, -0.05) is 155 Å². The van der Waals surface area contributed by atoms with Gasteiger partial charge in [0, 0.05) is 0 Å². The van der Waals surface area contributed by atoms with E-state index >= 15 is 0 Å². The van der Waals surface area contributed by atoms with Crippen molar-refractivity contribution < 1.29 is 14.1 Å². The lowest BCUT2D eigenvalue weighted by Gasteiger charge is -2.16. The van der Waals surface area contributed by atoms with E-state index in [1.165, 1.54) is 141 Å². The molecule has 0 spiro atoms. The highest BCUT2D eigenvalue weighted by Gasteiger charge is 2.23. The molecule has 1 heterocycles. The van der Waals surface area contributed by atoms with Crippen LogP contribution in [0.4, 0.5) is 0 Å². The second kappa shape index (κ2) is 24.6. The van der Waals surface area contributed by atoms with Crippen LogP contribution >= 0.6 is 31.9 Å². The normalized spacial score (nSPS) is 11.5. The first-order valence-corrected chi connectivity index (χ1v) is 18.7. The quantitative estimate of drug-likeness (QED) is 0.0826. The summed E-state index contributed by atoms with van der Waals surface area (Å²) in [4.78, 5) is 0. The van der Waals surface area contributed by atoms with Gasteiger partial charge >= 0.3 is 0 Å². The van der Waals surface area contributed by atoms with Crippen molar-refractivity contribution in [3.63, 3.8) is 0 Å². The Morgan fingerprint density at radius 1 is 0.439 bits per heavy atom. The van der Waals surface area contributed by atoms with Crippen LogP contribution < -0.4 is 9.47 Å². The molecule has 0 aliphatic carbocycles. The van der Waals surface area contributed by atoms with E-state index in [4.69, 9.17) is 14.1 Å². The zero-order valence-corrected chi connectivity index (χ0v) is 29.4. The summed E-state index contributed by atoms with van der Waals surface area (Å²) in [5, 5.41) is 8.13. The Morgan fingerprint density at radius 3 is 1.00 bits per heavy atom. The number of nitrogens with zero attached hydrogens (tertiary/aromatic N) is 2. The van der Waals surface area contributed by atoms with Crippen molar-refractivity contribution in [1.82, 2.24) is 10.3 Å². The molecular formula is C34H58Br2N2O3. The van der Waals surface area contributed by atoms with Crippen LogP contribution in [-0.4, -0.2) is 23.5 Å². The van der Waals surface area contributed by atoms with Crippen molar-refractivity contribution in [3.8, 4) is 11.5 Å². The Kier molecular flexibility index (Phi) is 21.8. The Morgan fingerprint density at radius 2 is 0.707 bits per heavy atom. The average Bonchev–Trinajstić information content (AvgIpc) is 3.48. The Hall–Kier alpha value is -0.820. The predicted molar refractivity (Wildman–Crippen MR) is 180 cm³/mol. The molecule has 0 radical (unpaired) electrons. The number of unbranched alkanes of at least 4 members (excludes halogenated alkanes) is 22. The molecule has 1 aromatic heterocycles. The molecule has 7 heteroatoms. The maximum atomic E-state index is 6.27. The third-order valence-electron chi connectivity index (χ3n) is 8.00. The molecular weight excluding hydrogens is 644 g/mol. The van der Waals surface area contributed by atoms with Gasteiger partial charge in [-0.25, -0.2) is 4.63 Å². The number of hydrogen-bond donors (Lipinski definition) is 0. The van der Waals surface area contributed by atoms with Crippen LogP contribution in [0.2, 0.25) is 0 Å². The van der Waals surface area contributed by atoms with Crippen LogP contribution in [0, 0.1) is 0 Å². The summed E-state index contributed by atoms with van der Waals surface area (Å²) in [6, 6.07) is 0. The number of aromatic nitrogens is 2. The molecule has 2 rings (SSSR count). The second-order valence-electron chi connectivity index (χ2n) is 11.7. The lowest BCUT2D eigenvalue weighted by Crippen LogP contribution is -2.05. The molecule has 0 atom stereocenters. The van der Waals surface area contributed by atoms with Gasteiger partial charge in [-0.05, 0) is 55.0 Å². The van der Waals surface area contributed by atoms with Crippen LogP contribution in [0.15, 0.2) is 13.6 Å². The molecule has 0 unspecified atom stereocenters. The first kappa shape index (κ1) is 36.4.